The van der Waals surface area contributed by atoms with Gasteiger partial charge in [0.1, 0.15) is 23.1 Å². The van der Waals surface area contributed by atoms with Gasteiger partial charge in [0.15, 0.2) is 0 Å². The van der Waals surface area contributed by atoms with Crippen molar-refractivity contribution in [1.29, 1.82) is 5.26 Å². The number of hydrogen-bond acceptors (Lipinski definition) is 5. The van der Waals surface area contributed by atoms with Crippen LogP contribution in [-0.2, 0) is 6.42 Å². The Morgan fingerprint density at radius 3 is 2.67 bits per heavy atom. The minimum atomic E-state index is -0.546. The molecule has 0 atom stereocenters. The van der Waals surface area contributed by atoms with E-state index in [0.717, 1.165) is 11.4 Å². The molecule has 0 spiro atoms. The van der Waals surface area contributed by atoms with Gasteiger partial charge in [-0.25, -0.2) is 0 Å². The summed E-state index contributed by atoms with van der Waals surface area (Å²) in [4.78, 5) is 14.5. The van der Waals surface area contributed by atoms with Crippen molar-refractivity contribution in [3.05, 3.63) is 57.4 Å². The highest BCUT2D eigenvalue weighted by atomic mass is 16.6. The fourth-order valence-corrected chi connectivity index (χ4v) is 1.87. The average Bonchev–Trinajstić information content (AvgIpc) is 2.49. The first-order valence-electron chi connectivity index (χ1n) is 6.38. The smallest absolute Gasteiger partial charge is 0.271 e. The largest absolute Gasteiger partial charge is 0.454 e. The molecule has 1 heterocycles. The zero-order chi connectivity index (χ0) is 15.4. The van der Waals surface area contributed by atoms with Crippen LogP contribution in [0.1, 0.15) is 23.9 Å². The van der Waals surface area contributed by atoms with E-state index < -0.39 is 4.92 Å². The molecule has 0 radical (unpaired) electrons. The Kier molecular flexibility index (Phi) is 4.14. The number of aryl methyl sites for hydroxylation is 2. The fraction of sp³-hybridized carbons (Fsp3) is 0.200. The van der Waals surface area contributed by atoms with E-state index in [1.54, 1.807) is 6.07 Å². The van der Waals surface area contributed by atoms with Gasteiger partial charge >= 0.3 is 0 Å². The topological polar surface area (TPSA) is 89.1 Å². The summed E-state index contributed by atoms with van der Waals surface area (Å²) in [5.41, 5.74) is 1.63. The van der Waals surface area contributed by atoms with Gasteiger partial charge in [-0.2, -0.15) is 5.26 Å². The minimum absolute atomic E-state index is 0.117. The molecule has 0 aliphatic rings. The highest BCUT2D eigenvalue weighted by molar-refractivity contribution is 5.52. The minimum Gasteiger partial charge on any atom is -0.454 e. The van der Waals surface area contributed by atoms with Gasteiger partial charge in [-0.1, -0.05) is 6.92 Å². The average molecular weight is 283 g/mol. The Labute approximate surface area is 121 Å². The number of pyridine rings is 1. The van der Waals surface area contributed by atoms with E-state index in [-0.39, 0.29) is 17.0 Å². The molecular formula is C15H13N3O3. The lowest BCUT2D eigenvalue weighted by molar-refractivity contribution is -0.384. The Morgan fingerprint density at radius 2 is 2.05 bits per heavy atom. The number of nitro groups is 1. The predicted molar refractivity (Wildman–Crippen MR) is 76.2 cm³/mol. The molecule has 0 amide bonds. The molecule has 0 aliphatic carbocycles. The van der Waals surface area contributed by atoms with Crippen molar-refractivity contribution >= 4 is 5.69 Å². The molecule has 1 aromatic carbocycles. The molecule has 0 saturated heterocycles. The maximum absolute atomic E-state index is 10.7. The van der Waals surface area contributed by atoms with E-state index in [1.165, 1.54) is 18.2 Å². The van der Waals surface area contributed by atoms with Crippen molar-refractivity contribution in [2.24, 2.45) is 0 Å². The zero-order valence-corrected chi connectivity index (χ0v) is 11.7. The number of nitro benzene ring substituents is 1. The summed E-state index contributed by atoms with van der Waals surface area (Å²) in [6, 6.07) is 9.44. The third-order valence-electron chi connectivity index (χ3n) is 2.92. The molecule has 0 N–H and O–H groups in total. The Morgan fingerprint density at radius 1 is 1.33 bits per heavy atom. The van der Waals surface area contributed by atoms with Crippen LogP contribution in [0.4, 0.5) is 5.69 Å². The molecule has 6 heteroatoms. The van der Waals surface area contributed by atoms with Crippen LogP contribution < -0.4 is 4.74 Å². The summed E-state index contributed by atoms with van der Waals surface area (Å²) in [5.74, 6) is 0.830. The van der Waals surface area contributed by atoms with E-state index in [2.05, 4.69) is 4.98 Å². The fourth-order valence-electron chi connectivity index (χ4n) is 1.87. The molecule has 21 heavy (non-hydrogen) atoms. The number of benzene rings is 1. The first-order valence-corrected chi connectivity index (χ1v) is 6.38. The number of rotatable bonds is 4. The van der Waals surface area contributed by atoms with E-state index >= 15 is 0 Å². The van der Waals surface area contributed by atoms with Crippen molar-refractivity contribution in [1.82, 2.24) is 4.98 Å². The second-order valence-electron chi connectivity index (χ2n) is 4.40. The van der Waals surface area contributed by atoms with E-state index in [9.17, 15) is 10.1 Å². The summed E-state index contributed by atoms with van der Waals surface area (Å²) in [7, 11) is 0. The number of ether oxygens (including phenoxy) is 1. The lowest BCUT2D eigenvalue weighted by atomic mass is 10.2. The van der Waals surface area contributed by atoms with Gasteiger partial charge in [0.05, 0.1) is 10.6 Å². The molecule has 0 saturated carbocycles. The maximum atomic E-state index is 10.7. The van der Waals surface area contributed by atoms with Gasteiger partial charge in [-0.15, -0.1) is 0 Å². The molecule has 2 aromatic rings. The first kappa shape index (κ1) is 14.5. The molecular weight excluding hydrogens is 270 g/mol. The Hall–Kier alpha value is -2.94. The lowest BCUT2D eigenvalue weighted by Gasteiger charge is -2.11. The van der Waals surface area contributed by atoms with Crippen molar-refractivity contribution in [2.75, 3.05) is 0 Å². The zero-order valence-electron chi connectivity index (χ0n) is 11.7. The molecule has 0 bridgehead atoms. The van der Waals surface area contributed by atoms with Crippen LogP contribution in [-0.4, -0.2) is 9.91 Å². The molecule has 0 unspecified atom stereocenters. The van der Waals surface area contributed by atoms with Crippen molar-refractivity contribution in [3.8, 4) is 17.6 Å². The maximum Gasteiger partial charge on any atom is 0.271 e. The van der Waals surface area contributed by atoms with Crippen LogP contribution in [0.2, 0.25) is 0 Å². The lowest BCUT2D eigenvalue weighted by Crippen LogP contribution is -1.97. The number of hydrogen-bond donors (Lipinski definition) is 0. The highest BCUT2D eigenvalue weighted by Crippen LogP contribution is 2.30. The summed E-state index contributed by atoms with van der Waals surface area (Å²) in [6.07, 6.45) is 0.686. The van der Waals surface area contributed by atoms with Crippen LogP contribution in [0.5, 0.6) is 11.5 Å². The van der Waals surface area contributed by atoms with Crippen LogP contribution in [0, 0.1) is 28.4 Å². The summed E-state index contributed by atoms with van der Waals surface area (Å²) >= 11 is 0. The quantitative estimate of drug-likeness (QED) is 0.632. The van der Waals surface area contributed by atoms with Crippen molar-refractivity contribution in [2.45, 2.75) is 20.3 Å². The van der Waals surface area contributed by atoms with Gasteiger partial charge in [0, 0.05) is 17.8 Å². The molecule has 1 aromatic heterocycles. The third-order valence-corrected chi connectivity index (χ3v) is 2.92. The van der Waals surface area contributed by atoms with E-state index in [0.29, 0.717) is 12.2 Å². The number of nitrogens with zero attached hydrogens (tertiary/aromatic N) is 3. The molecule has 0 aliphatic heterocycles. The van der Waals surface area contributed by atoms with Gasteiger partial charge < -0.3 is 4.74 Å². The number of non-ortho nitro benzene ring substituents is 1. The number of nitriles is 1. The van der Waals surface area contributed by atoms with Crippen LogP contribution >= 0.6 is 0 Å². The van der Waals surface area contributed by atoms with Crippen LogP contribution in [0.15, 0.2) is 30.3 Å². The van der Waals surface area contributed by atoms with Gasteiger partial charge in [0.2, 0.25) is 0 Å². The molecule has 6 nitrogen and oxygen atoms in total. The molecule has 2 rings (SSSR count). The Bertz CT molecular complexity index is 735. The Balaban J connectivity index is 2.40. The van der Waals surface area contributed by atoms with Gasteiger partial charge in [-0.3, -0.25) is 15.1 Å². The predicted octanol–water partition coefficient (Wildman–Crippen LogP) is 3.52. The standard InChI is InChI=1S/C15H13N3O3/c1-3-13-15(6-4-10(2)17-13)21-14-7-5-12(18(19)20)8-11(14)9-16/h4-8H,3H2,1-2H3. The summed E-state index contributed by atoms with van der Waals surface area (Å²) < 4.78 is 5.70. The van der Waals surface area contributed by atoms with Crippen LogP contribution in [0.25, 0.3) is 0 Å². The highest BCUT2D eigenvalue weighted by Gasteiger charge is 2.13. The van der Waals surface area contributed by atoms with Crippen molar-refractivity contribution in [3.63, 3.8) is 0 Å². The van der Waals surface area contributed by atoms with Gasteiger partial charge in [0.25, 0.3) is 5.69 Å². The molecule has 106 valence electrons. The van der Waals surface area contributed by atoms with E-state index in [4.69, 9.17) is 10.00 Å². The third kappa shape index (κ3) is 3.15. The second kappa shape index (κ2) is 6.01. The summed E-state index contributed by atoms with van der Waals surface area (Å²) in [5, 5.41) is 19.8. The normalized spacial score (nSPS) is 9.95. The number of aromatic nitrogens is 1. The summed E-state index contributed by atoms with van der Waals surface area (Å²) in [6.45, 7) is 3.84. The monoisotopic (exact) mass is 283 g/mol. The SMILES string of the molecule is CCc1nc(C)ccc1Oc1ccc([N+](=O)[O-])cc1C#N. The van der Waals surface area contributed by atoms with E-state index in [1.807, 2.05) is 26.0 Å². The van der Waals surface area contributed by atoms with Crippen LogP contribution in [0.3, 0.4) is 0 Å². The second-order valence-corrected chi connectivity index (χ2v) is 4.40. The van der Waals surface area contributed by atoms with Gasteiger partial charge in [-0.05, 0) is 31.5 Å². The van der Waals surface area contributed by atoms with Crippen molar-refractivity contribution < 1.29 is 9.66 Å². The molecule has 0 fully saturated rings. The first-order chi connectivity index (χ1) is 10.0.